The normalized spacial score (nSPS) is 11.5. The van der Waals surface area contributed by atoms with Crippen LogP contribution in [0.1, 0.15) is 31.7 Å². The van der Waals surface area contributed by atoms with E-state index in [9.17, 15) is 8.42 Å². The van der Waals surface area contributed by atoms with Crippen LogP contribution in [0.15, 0.2) is 23.1 Å². The molecule has 0 radical (unpaired) electrons. The van der Waals surface area contributed by atoms with Crippen molar-refractivity contribution < 1.29 is 8.42 Å². The van der Waals surface area contributed by atoms with Gasteiger partial charge in [-0.3, -0.25) is 0 Å². The second-order valence-electron chi connectivity index (χ2n) is 4.32. The number of nitrogens with one attached hydrogen (secondary N) is 2. The van der Waals surface area contributed by atoms with Gasteiger partial charge in [-0.15, -0.1) is 0 Å². The molecule has 18 heavy (non-hydrogen) atoms. The maximum absolute atomic E-state index is 11.7. The molecule has 0 amide bonds. The topological polar surface area (TPSA) is 58.2 Å². The summed E-state index contributed by atoms with van der Waals surface area (Å²) in [5.74, 6) is 0. The quantitative estimate of drug-likeness (QED) is 0.748. The Bertz CT molecular complexity index is 484. The van der Waals surface area contributed by atoms with Gasteiger partial charge in [0.1, 0.15) is 0 Å². The first-order valence-electron chi connectivity index (χ1n) is 6.29. The summed E-state index contributed by atoms with van der Waals surface area (Å²) >= 11 is 0. The minimum Gasteiger partial charge on any atom is -0.385 e. The van der Waals surface area contributed by atoms with Crippen LogP contribution in [-0.4, -0.2) is 22.0 Å². The SMILES string of the molecule is CCCCCNc1cc(S(=O)(=O)NC)ccc1C. The zero-order chi connectivity index (χ0) is 13.6. The third kappa shape index (κ3) is 3.99. The van der Waals surface area contributed by atoms with Crippen molar-refractivity contribution in [2.75, 3.05) is 18.9 Å². The number of benzene rings is 1. The van der Waals surface area contributed by atoms with Gasteiger partial charge in [-0.25, -0.2) is 13.1 Å². The summed E-state index contributed by atoms with van der Waals surface area (Å²) in [6.45, 7) is 5.00. The molecule has 0 spiro atoms. The summed E-state index contributed by atoms with van der Waals surface area (Å²) in [4.78, 5) is 0.300. The van der Waals surface area contributed by atoms with Crippen molar-refractivity contribution in [1.29, 1.82) is 0 Å². The maximum atomic E-state index is 11.7. The summed E-state index contributed by atoms with van der Waals surface area (Å²) in [5.41, 5.74) is 1.95. The Balaban J connectivity index is 2.82. The van der Waals surface area contributed by atoms with Crippen molar-refractivity contribution in [3.8, 4) is 0 Å². The lowest BCUT2D eigenvalue weighted by Gasteiger charge is -2.11. The molecule has 0 atom stereocenters. The van der Waals surface area contributed by atoms with E-state index >= 15 is 0 Å². The first kappa shape index (κ1) is 15.0. The van der Waals surface area contributed by atoms with E-state index in [4.69, 9.17) is 0 Å². The van der Waals surface area contributed by atoms with Crippen LogP contribution in [-0.2, 0) is 10.0 Å². The van der Waals surface area contributed by atoms with E-state index in [1.807, 2.05) is 13.0 Å². The van der Waals surface area contributed by atoms with Gasteiger partial charge in [0.05, 0.1) is 4.90 Å². The Kier molecular flexibility index (Phi) is 5.62. The lowest BCUT2D eigenvalue weighted by molar-refractivity contribution is 0.588. The fourth-order valence-corrected chi connectivity index (χ4v) is 2.43. The molecule has 0 saturated carbocycles. The van der Waals surface area contributed by atoms with Gasteiger partial charge in [-0.1, -0.05) is 25.8 Å². The number of anilines is 1. The van der Waals surface area contributed by atoms with Crippen LogP contribution in [0.3, 0.4) is 0 Å². The average Bonchev–Trinajstić information content (AvgIpc) is 2.36. The van der Waals surface area contributed by atoms with Crippen molar-refractivity contribution in [2.24, 2.45) is 0 Å². The van der Waals surface area contributed by atoms with E-state index in [1.54, 1.807) is 12.1 Å². The highest BCUT2D eigenvalue weighted by Crippen LogP contribution is 2.20. The highest BCUT2D eigenvalue weighted by molar-refractivity contribution is 7.89. The zero-order valence-electron chi connectivity index (χ0n) is 11.3. The van der Waals surface area contributed by atoms with Gasteiger partial charge in [0.25, 0.3) is 0 Å². The van der Waals surface area contributed by atoms with Crippen LogP contribution in [0.5, 0.6) is 0 Å². The molecule has 0 aromatic heterocycles. The minimum absolute atomic E-state index is 0.300. The predicted molar refractivity (Wildman–Crippen MR) is 75.4 cm³/mol. The van der Waals surface area contributed by atoms with Crippen LogP contribution in [0, 0.1) is 6.92 Å². The van der Waals surface area contributed by atoms with Crippen LogP contribution >= 0.6 is 0 Å². The van der Waals surface area contributed by atoms with Crippen molar-refractivity contribution in [1.82, 2.24) is 4.72 Å². The molecule has 0 saturated heterocycles. The van der Waals surface area contributed by atoms with E-state index in [2.05, 4.69) is 17.0 Å². The standard InChI is InChI=1S/C13H22N2O2S/c1-4-5-6-9-15-13-10-12(8-7-11(13)2)18(16,17)14-3/h7-8,10,14-15H,4-6,9H2,1-3H3. The molecule has 0 aliphatic carbocycles. The second kappa shape index (κ2) is 6.75. The van der Waals surface area contributed by atoms with Gasteiger partial charge in [0.15, 0.2) is 0 Å². The van der Waals surface area contributed by atoms with Crippen molar-refractivity contribution in [3.63, 3.8) is 0 Å². The molecule has 0 unspecified atom stereocenters. The monoisotopic (exact) mass is 270 g/mol. The van der Waals surface area contributed by atoms with E-state index < -0.39 is 10.0 Å². The molecule has 0 bridgehead atoms. The number of sulfonamides is 1. The van der Waals surface area contributed by atoms with E-state index in [1.165, 1.54) is 19.9 Å². The van der Waals surface area contributed by atoms with Gasteiger partial charge >= 0.3 is 0 Å². The van der Waals surface area contributed by atoms with Crippen LogP contribution in [0.4, 0.5) is 5.69 Å². The van der Waals surface area contributed by atoms with E-state index in [-0.39, 0.29) is 0 Å². The smallest absolute Gasteiger partial charge is 0.240 e. The molecule has 0 aliphatic rings. The fraction of sp³-hybridized carbons (Fsp3) is 0.538. The minimum atomic E-state index is -3.36. The molecule has 1 aromatic carbocycles. The molecular weight excluding hydrogens is 248 g/mol. The maximum Gasteiger partial charge on any atom is 0.240 e. The Morgan fingerprint density at radius 1 is 1.22 bits per heavy atom. The summed E-state index contributed by atoms with van der Waals surface area (Å²) in [6.07, 6.45) is 3.45. The summed E-state index contributed by atoms with van der Waals surface area (Å²) < 4.78 is 25.7. The second-order valence-corrected chi connectivity index (χ2v) is 6.20. The molecule has 0 fully saturated rings. The highest BCUT2D eigenvalue weighted by atomic mass is 32.2. The fourth-order valence-electron chi connectivity index (χ4n) is 1.67. The number of aryl methyl sites for hydroxylation is 1. The van der Waals surface area contributed by atoms with Crippen LogP contribution in [0.25, 0.3) is 0 Å². The summed E-state index contributed by atoms with van der Waals surface area (Å²) in [6, 6.07) is 5.14. The highest BCUT2D eigenvalue weighted by Gasteiger charge is 2.12. The summed E-state index contributed by atoms with van der Waals surface area (Å²) in [5, 5.41) is 3.29. The van der Waals surface area contributed by atoms with Crippen molar-refractivity contribution in [3.05, 3.63) is 23.8 Å². The van der Waals surface area contributed by atoms with E-state index in [0.717, 1.165) is 24.2 Å². The lowest BCUT2D eigenvalue weighted by atomic mass is 10.2. The lowest BCUT2D eigenvalue weighted by Crippen LogP contribution is -2.18. The third-order valence-corrected chi connectivity index (χ3v) is 4.30. The molecule has 4 nitrogen and oxygen atoms in total. The first-order valence-corrected chi connectivity index (χ1v) is 7.77. The Morgan fingerprint density at radius 2 is 1.94 bits per heavy atom. The third-order valence-electron chi connectivity index (χ3n) is 2.88. The van der Waals surface area contributed by atoms with Crippen molar-refractivity contribution >= 4 is 15.7 Å². The Hall–Kier alpha value is -1.07. The molecule has 102 valence electrons. The van der Waals surface area contributed by atoms with Gasteiger partial charge in [0.2, 0.25) is 10.0 Å². The average molecular weight is 270 g/mol. The molecule has 0 aliphatic heterocycles. The zero-order valence-corrected chi connectivity index (χ0v) is 12.1. The van der Waals surface area contributed by atoms with Gasteiger partial charge < -0.3 is 5.32 Å². The molecule has 1 rings (SSSR count). The Labute approximate surface area is 110 Å². The Morgan fingerprint density at radius 3 is 2.56 bits per heavy atom. The number of hydrogen-bond donors (Lipinski definition) is 2. The number of unbranched alkanes of at least 4 members (excludes halogenated alkanes) is 2. The molecule has 0 heterocycles. The number of rotatable bonds is 7. The number of hydrogen-bond acceptors (Lipinski definition) is 3. The predicted octanol–water partition coefficient (Wildman–Crippen LogP) is 2.51. The largest absolute Gasteiger partial charge is 0.385 e. The first-order chi connectivity index (χ1) is 8.51. The van der Waals surface area contributed by atoms with Gasteiger partial charge in [-0.05, 0) is 38.1 Å². The van der Waals surface area contributed by atoms with Crippen molar-refractivity contribution in [2.45, 2.75) is 38.0 Å². The van der Waals surface area contributed by atoms with Crippen LogP contribution in [0.2, 0.25) is 0 Å². The van der Waals surface area contributed by atoms with E-state index in [0.29, 0.717) is 4.90 Å². The van der Waals surface area contributed by atoms with Crippen LogP contribution < -0.4 is 10.0 Å². The molecule has 1 aromatic rings. The molecule has 2 N–H and O–H groups in total. The van der Waals surface area contributed by atoms with Gasteiger partial charge in [0, 0.05) is 12.2 Å². The molecule has 5 heteroatoms. The van der Waals surface area contributed by atoms with Gasteiger partial charge in [-0.2, -0.15) is 0 Å². The summed E-state index contributed by atoms with van der Waals surface area (Å²) in [7, 11) is -1.94. The molecular formula is C13H22N2O2S.